The Hall–Kier alpha value is -3.77. The molecule has 0 aliphatic carbocycles. The van der Waals surface area contributed by atoms with Gasteiger partial charge in [-0.2, -0.15) is 5.26 Å². The van der Waals surface area contributed by atoms with E-state index >= 15 is 0 Å². The van der Waals surface area contributed by atoms with Gasteiger partial charge in [-0.15, -0.1) is 0 Å². The molecule has 4 aromatic rings. The molecule has 0 unspecified atom stereocenters. The van der Waals surface area contributed by atoms with Crippen LogP contribution in [0.25, 0.3) is 22.9 Å². The first-order valence-electron chi connectivity index (χ1n) is 11.3. The molecule has 3 heterocycles. The second-order valence-corrected chi connectivity index (χ2v) is 8.41. The molecule has 0 saturated carbocycles. The van der Waals surface area contributed by atoms with E-state index in [1.54, 1.807) is 13.1 Å². The second kappa shape index (κ2) is 9.23. The van der Waals surface area contributed by atoms with Crippen LogP contribution in [0.5, 0.6) is 0 Å². The molecule has 8 heteroatoms. The quantitative estimate of drug-likeness (QED) is 0.473. The van der Waals surface area contributed by atoms with E-state index in [1.807, 2.05) is 53.4 Å². The van der Waals surface area contributed by atoms with Crippen LogP contribution in [-0.2, 0) is 11.2 Å². The van der Waals surface area contributed by atoms with Crippen molar-refractivity contribution < 1.29 is 9.84 Å². The average Bonchev–Trinajstić information content (AvgIpc) is 3.25. The summed E-state index contributed by atoms with van der Waals surface area (Å²) in [7, 11) is 0. The van der Waals surface area contributed by atoms with Crippen molar-refractivity contribution in [1.29, 1.82) is 5.26 Å². The third kappa shape index (κ3) is 4.01. The van der Waals surface area contributed by atoms with E-state index in [0.29, 0.717) is 52.7 Å². The summed E-state index contributed by atoms with van der Waals surface area (Å²) in [5, 5.41) is 23.9. The lowest BCUT2D eigenvalue weighted by Crippen LogP contribution is -2.44. The molecule has 8 nitrogen and oxygen atoms in total. The van der Waals surface area contributed by atoms with Crippen LogP contribution >= 0.6 is 0 Å². The summed E-state index contributed by atoms with van der Waals surface area (Å²) in [6.07, 6.45) is 1.63. The third-order valence-electron chi connectivity index (χ3n) is 6.33. The van der Waals surface area contributed by atoms with Gasteiger partial charge in [-0.05, 0) is 42.3 Å². The zero-order chi connectivity index (χ0) is 23.7. The zero-order valence-electron chi connectivity index (χ0n) is 18.9. The number of hydrogen-bond donors (Lipinski definition) is 2. The van der Waals surface area contributed by atoms with E-state index < -0.39 is 6.23 Å². The number of ether oxygens (including phenoxy) is 1. The van der Waals surface area contributed by atoms with Crippen molar-refractivity contribution in [1.82, 2.24) is 14.3 Å². The SMILES string of the molecule is Cc1c(C#N)c2nc3ccccc3n2c(=O)c1=CNc1ccc(C[C@H](O)N2CCOCC2)cc1. The Bertz CT molecular complexity index is 1500. The Morgan fingerprint density at radius 1 is 1.21 bits per heavy atom. The summed E-state index contributed by atoms with van der Waals surface area (Å²) in [6, 6.07) is 17.3. The van der Waals surface area contributed by atoms with Gasteiger partial charge in [0.2, 0.25) is 0 Å². The van der Waals surface area contributed by atoms with Crippen molar-refractivity contribution >= 4 is 28.6 Å². The van der Waals surface area contributed by atoms with Crippen LogP contribution in [0.3, 0.4) is 0 Å². The lowest BCUT2D eigenvalue weighted by atomic mass is 10.1. The summed E-state index contributed by atoms with van der Waals surface area (Å²) in [4.78, 5) is 19.9. The predicted octanol–water partition coefficient (Wildman–Crippen LogP) is 1.79. The number of benzene rings is 2. The van der Waals surface area contributed by atoms with Crippen LogP contribution in [-0.4, -0.2) is 51.9 Å². The highest BCUT2D eigenvalue weighted by molar-refractivity contribution is 5.82. The number of nitriles is 1. The number of anilines is 1. The van der Waals surface area contributed by atoms with Gasteiger partial charge in [0.25, 0.3) is 5.56 Å². The van der Waals surface area contributed by atoms with Crippen molar-refractivity contribution in [3.63, 3.8) is 0 Å². The molecule has 5 rings (SSSR count). The minimum Gasteiger partial charge on any atom is -0.379 e. The van der Waals surface area contributed by atoms with E-state index in [2.05, 4.69) is 16.4 Å². The zero-order valence-corrected chi connectivity index (χ0v) is 18.9. The number of aliphatic hydroxyl groups excluding tert-OH is 1. The van der Waals surface area contributed by atoms with E-state index in [-0.39, 0.29) is 5.56 Å². The molecule has 172 valence electrons. The highest BCUT2D eigenvalue weighted by atomic mass is 16.5. The van der Waals surface area contributed by atoms with Gasteiger partial charge >= 0.3 is 0 Å². The van der Waals surface area contributed by atoms with Gasteiger partial charge in [0, 0.05) is 31.4 Å². The largest absolute Gasteiger partial charge is 0.379 e. The first kappa shape index (κ1) is 22.0. The van der Waals surface area contributed by atoms with Crippen molar-refractivity contribution in [2.75, 3.05) is 31.6 Å². The number of imidazole rings is 1. The maximum atomic E-state index is 13.3. The van der Waals surface area contributed by atoms with Crippen LogP contribution in [0.15, 0.2) is 53.3 Å². The average molecular weight is 456 g/mol. The number of rotatable bonds is 5. The highest BCUT2D eigenvalue weighted by Crippen LogP contribution is 2.18. The van der Waals surface area contributed by atoms with Gasteiger partial charge in [-0.3, -0.25) is 14.1 Å². The maximum Gasteiger partial charge on any atom is 0.265 e. The van der Waals surface area contributed by atoms with Gasteiger partial charge in [-0.1, -0.05) is 24.3 Å². The van der Waals surface area contributed by atoms with E-state index in [1.165, 1.54) is 4.40 Å². The molecule has 1 aliphatic heterocycles. The molecule has 2 aromatic heterocycles. The monoisotopic (exact) mass is 455 g/mol. The predicted molar refractivity (Wildman–Crippen MR) is 130 cm³/mol. The van der Waals surface area contributed by atoms with Gasteiger partial charge in [-0.25, -0.2) is 4.98 Å². The standard InChI is InChI=1S/C26H25N5O3/c1-17-20(15-27)25-29-22-4-2-3-5-23(22)31(25)26(33)21(17)16-28-19-8-6-18(7-9-19)14-24(32)30-10-12-34-13-11-30/h2-9,16,24,28,32H,10-14H2,1H3/t24-/m0/s1. The summed E-state index contributed by atoms with van der Waals surface area (Å²) in [5.41, 5.74) is 4.31. The first-order valence-corrected chi connectivity index (χ1v) is 11.3. The Balaban J connectivity index is 1.43. The number of nitrogens with one attached hydrogen (secondary N) is 1. The molecule has 1 atom stereocenters. The molecule has 1 fully saturated rings. The molecule has 2 N–H and O–H groups in total. The number of pyridine rings is 1. The van der Waals surface area contributed by atoms with Crippen LogP contribution in [0.4, 0.5) is 5.69 Å². The topological polar surface area (TPSA) is 103 Å². The summed E-state index contributed by atoms with van der Waals surface area (Å²) in [6.45, 7) is 4.51. The molecular formula is C26H25N5O3. The number of aliphatic hydroxyl groups is 1. The Kier molecular flexibility index (Phi) is 5.99. The van der Waals surface area contributed by atoms with Gasteiger partial charge in [0.05, 0.1) is 35.0 Å². The number of nitrogens with zero attached hydrogens (tertiary/aromatic N) is 4. The Morgan fingerprint density at radius 3 is 2.68 bits per heavy atom. The van der Waals surface area contributed by atoms with Gasteiger partial charge in [0.15, 0.2) is 5.65 Å². The maximum absolute atomic E-state index is 13.3. The molecule has 1 saturated heterocycles. The third-order valence-corrected chi connectivity index (χ3v) is 6.33. The van der Waals surface area contributed by atoms with Crippen LogP contribution in [0.2, 0.25) is 0 Å². The number of aromatic nitrogens is 2. The molecule has 0 bridgehead atoms. The number of fused-ring (bicyclic) bond motifs is 3. The minimum absolute atomic E-state index is 0.224. The lowest BCUT2D eigenvalue weighted by molar-refractivity contribution is -0.0575. The fraction of sp³-hybridized carbons (Fsp3) is 0.269. The van der Waals surface area contributed by atoms with Crippen LogP contribution < -0.4 is 16.1 Å². The first-order chi connectivity index (χ1) is 16.6. The molecular weight excluding hydrogens is 430 g/mol. The molecule has 0 radical (unpaired) electrons. The number of hydrogen-bond acceptors (Lipinski definition) is 7. The summed E-state index contributed by atoms with van der Waals surface area (Å²) < 4.78 is 6.85. The highest BCUT2D eigenvalue weighted by Gasteiger charge is 2.19. The van der Waals surface area contributed by atoms with E-state index in [4.69, 9.17) is 4.74 Å². The van der Waals surface area contributed by atoms with Crippen molar-refractivity contribution in [2.24, 2.45) is 0 Å². The van der Waals surface area contributed by atoms with E-state index in [0.717, 1.165) is 24.3 Å². The smallest absolute Gasteiger partial charge is 0.265 e. The molecule has 34 heavy (non-hydrogen) atoms. The molecule has 0 spiro atoms. The van der Waals surface area contributed by atoms with Crippen LogP contribution in [0, 0.1) is 18.3 Å². The summed E-state index contributed by atoms with van der Waals surface area (Å²) >= 11 is 0. The normalized spacial score (nSPS) is 16.1. The fourth-order valence-electron chi connectivity index (χ4n) is 4.39. The molecule has 1 aliphatic rings. The van der Waals surface area contributed by atoms with Gasteiger partial charge < -0.3 is 15.2 Å². The number of para-hydroxylation sites is 2. The van der Waals surface area contributed by atoms with Crippen molar-refractivity contribution in [3.05, 3.63) is 80.8 Å². The Labute approximate surface area is 196 Å². The molecule has 2 aromatic carbocycles. The number of morpholine rings is 1. The minimum atomic E-state index is -0.541. The molecule has 0 amide bonds. The van der Waals surface area contributed by atoms with Crippen molar-refractivity contribution in [2.45, 2.75) is 19.6 Å². The van der Waals surface area contributed by atoms with E-state index in [9.17, 15) is 15.2 Å². The fourth-order valence-corrected chi connectivity index (χ4v) is 4.39. The van der Waals surface area contributed by atoms with Crippen LogP contribution in [0.1, 0.15) is 16.7 Å². The van der Waals surface area contributed by atoms with Crippen molar-refractivity contribution in [3.8, 4) is 6.07 Å². The van der Waals surface area contributed by atoms with Gasteiger partial charge in [0.1, 0.15) is 12.3 Å². The summed E-state index contributed by atoms with van der Waals surface area (Å²) in [5.74, 6) is 0. The second-order valence-electron chi connectivity index (χ2n) is 8.41. The lowest BCUT2D eigenvalue weighted by Gasteiger charge is -2.31. The Morgan fingerprint density at radius 2 is 1.94 bits per heavy atom.